The molecule has 19 heavy (non-hydrogen) atoms. The smallest absolute Gasteiger partial charge is 0.157 e. The fraction of sp³-hybridized carbons (Fsp3) is 0.429. The van der Waals surface area contributed by atoms with E-state index >= 15 is 0 Å². The summed E-state index contributed by atoms with van der Waals surface area (Å²) in [5.74, 6) is 1.59. The molecular formula is C14H17BrN4. The van der Waals surface area contributed by atoms with Crippen LogP contribution in [0.4, 0.5) is 0 Å². The molecule has 0 aliphatic heterocycles. The first-order chi connectivity index (χ1) is 9.28. The van der Waals surface area contributed by atoms with Gasteiger partial charge in [-0.05, 0) is 47.4 Å². The summed E-state index contributed by atoms with van der Waals surface area (Å²) in [6.45, 7) is 3.85. The van der Waals surface area contributed by atoms with Crippen molar-refractivity contribution < 1.29 is 0 Å². The van der Waals surface area contributed by atoms with Gasteiger partial charge in [-0.15, -0.1) is 0 Å². The van der Waals surface area contributed by atoms with Gasteiger partial charge in [-0.25, -0.2) is 9.67 Å². The highest BCUT2D eigenvalue weighted by Gasteiger charge is 2.26. The van der Waals surface area contributed by atoms with E-state index in [4.69, 9.17) is 0 Å². The highest BCUT2D eigenvalue weighted by atomic mass is 79.9. The maximum Gasteiger partial charge on any atom is 0.157 e. The van der Waals surface area contributed by atoms with Crippen molar-refractivity contribution in [3.63, 3.8) is 0 Å². The lowest BCUT2D eigenvalue weighted by atomic mass is 10.2. The molecule has 0 amide bonds. The molecule has 1 N–H and O–H groups in total. The van der Waals surface area contributed by atoms with Gasteiger partial charge in [0.2, 0.25) is 0 Å². The first-order valence-electron chi connectivity index (χ1n) is 6.69. The van der Waals surface area contributed by atoms with Gasteiger partial charge in [0, 0.05) is 34.9 Å². The molecule has 0 saturated heterocycles. The zero-order valence-corrected chi connectivity index (χ0v) is 12.5. The van der Waals surface area contributed by atoms with E-state index < -0.39 is 0 Å². The Labute approximate surface area is 121 Å². The zero-order chi connectivity index (χ0) is 13.2. The zero-order valence-electron chi connectivity index (χ0n) is 10.9. The molecule has 0 bridgehead atoms. The molecule has 2 aromatic heterocycles. The number of nitrogens with one attached hydrogen (secondary N) is 1. The average Bonchev–Trinajstić information content (AvgIpc) is 3.15. The van der Waals surface area contributed by atoms with Gasteiger partial charge in [-0.1, -0.05) is 6.92 Å². The topological polar surface area (TPSA) is 42.7 Å². The number of rotatable bonds is 5. The molecule has 0 radical (unpaired) electrons. The maximum absolute atomic E-state index is 4.65. The van der Waals surface area contributed by atoms with Crippen molar-refractivity contribution in [1.29, 1.82) is 0 Å². The van der Waals surface area contributed by atoms with Gasteiger partial charge in [-0.3, -0.25) is 0 Å². The minimum Gasteiger partial charge on any atom is -0.313 e. The Kier molecular flexibility index (Phi) is 3.66. The Morgan fingerprint density at radius 2 is 2.32 bits per heavy atom. The van der Waals surface area contributed by atoms with Crippen molar-refractivity contribution in [1.82, 2.24) is 20.1 Å². The Bertz CT molecular complexity index is 575. The van der Waals surface area contributed by atoms with Crippen LogP contribution in [0.5, 0.6) is 0 Å². The molecule has 1 saturated carbocycles. The third-order valence-electron chi connectivity index (χ3n) is 3.30. The minimum absolute atomic E-state index is 0.675. The summed E-state index contributed by atoms with van der Waals surface area (Å²) >= 11 is 3.48. The van der Waals surface area contributed by atoms with Gasteiger partial charge in [-0.2, -0.15) is 5.10 Å². The van der Waals surface area contributed by atoms with Crippen LogP contribution in [0.15, 0.2) is 29.0 Å². The van der Waals surface area contributed by atoms with E-state index in [0.29, 0.717) is 5.92 Å². The van der Waals surface area contributed by atoms with Crippen LogP contribution in [0, 0.1) is 0 Å². The second-order valence-electron chi connectivity index (χ2n) is 4.88. The molecule has 1 aliphatic rings. The van der Waals surface area contributed by atoms with E-state index in [1.165, 1.54) is 18.5 Å². The molecule has 0 aromatic carbocycles. The number of hydrogen-bond acceptors (Lipinski definition) is 3. The number of hydrogen-bond donors (Lipinski definition) is 1. The van der Waals surface area contributed by atoms with Crippen LogP contribution < -0.4 is 5.32 Å². The van der Waals surface area contributed by atoms with Gasteiger partial charge in [0.15, 0.2) is 5.82 Å². The van der Waals surface area contributed by atoms with E-state index in [1.54, 1.807) is 0 Å². The summed E-state index contributed by atoms with van der Waals surface area (Å²) in [6, 6.07) is 4.21. The van der Waals surface area contributed by atoms with Gasteiger partial charge in [0.25, 0.3) is 0 Å². The number of nitrogens with zero attached hydrogens (tertiary/aromatic N) is 3. The fourth-order valence-corrected chi connectivity index (χ4v) is 2.50. The first kappa shape index (κ1) is 12.8. The van der Waals surface area contributed by atoms with Crippen LogP contribution in [0.25, 0.3) is 5.82 Å². The lowest BCUT2D eigenvalue weighted by molar-refractivity contribution is 0.707. The Balaban J connectivity index is 1.92. The summed E-state index contributed by atoms with van der Waals surface area (Å²) in [7, 11) is 0. The van der Waals surface area contributed by atoms with Crippen LogP contribution >= 0.6 is 15.9 Å². The summed E-state index contributed by atoms with van der Waals surface area (Å²) in [5.41, 5.74) is 2.35. The van der Waals surface area contributed by atoms with Gasteiger partial charge >= 0.3 is 0 Å². The summed E-state index contributed by atoms with van der Waals surface area (Å²) in [6.07, 6.45) is 6.38. The Hall–Kier alpha value is -1.20. The SMILES string of the molecule is CCNCc1cc(Br)cnc1-n1ccc(C2CC2)n1. The fourth-order valence-electron chi connectivity index (χ4n) is 2.12. The van der Waals surface area contributed by atoms with E-state index in [1.807, 2.05) is 17.1 Å². The van der Waals surface area contributed by atoms with Gasteiger partial charge < -0.3 is 5.32 Å². The average molecular weight is 321 g/mol. The molecule has 3 rings (SSSR count). The standard InChI is InChI=1S/C14H17BrN4/c1-2-16-8-11-7-12(15)9-17-14(11)19-6-5-13(18-19)10-3-4-10/h5-7,9-10,16H,2-4,8H2,1H3. The second kappa shape index (κ2) is 5.43. The Morgan fingerprint density at radius 1 is 1.47 bits per heavy atom. The van der Waals surface area contributed by atoms with E-state index in [2.05, 4.69) is 50.4 Å². The monoisotopic (exact) mass is 320 g/mol. The van der Waals surface area contributed by atoms with E-state index in [0.717, 1.165) is 28.9 Å². The quantitative estimate of drug-likeness (QED) is 0.920. The maximum atomic E-state index is 4.65. The van der Waals surface area contributed by atoms with Crippen molar-refractivity contribution in [3.05, 3.63) is 40.3 Å². The predicted molar refractivity (Wildman–Crippen MR) is 78.4 cm³/mol. The van der Waals surface area contributed by atoms with Crippen LogP contribution in [0.2, 0.25) is 0 Å². The van der Waals surface area contributed by atoms with Gasteiger partial charge in [0.1, 0.15) is 0 Å². The van der Waals surface area contributed by atoms with Crippen molar-refractivity contribution in [2.24, 2.45) is 0 Å². The van der Waals surface area contributed by atoms with E-state index in [-0.39, 0.29) is 0 Å². The third kappa shape index (κ3) is 2.87. The molecule has 1 aliphatic carbocycles. The third-order valence-corrected chi connectivity index (χ3v) is 3.73. The predicted octanol–water partition coefficient (Wildman–Crippen LogP) is 3.02. The molecule has 0 spiro atoms. The van der Waals surface area contributed by atoms with Crippen molar-refractivity contribution in [2.45, 2.75) is 32.2 Å². The molecule has 0 atom stereocenters. The lowest BCUT2D eigenvalue weighted by Gasteiger charge is -2.09. The number of halogens is 1. The summed E-state index contributed by atoms with van der Waals surface area (Å²) < 4.78 is 2.89. The highest BCUT2D eigenvalue weighted by molar-refractivity contribution is 9.10. The van der Waals surface area contributed by atoms with Crippen LogP contribution in [0.3, 0.4) is 0 Å². The van der Waals surface area contributed by atoms with E-state index in [9.17, 15) is 0 Å². The second-order valence-corrected chi connectivity index (χ2v) is 5.79. The molecule has 1 fully saturated rings. The number of aromatic nitrogens is 3. The van der Waals surface area contributed by atoms with Crippen LogP contribution in [-0.2, 0) is 6.54 Å². The molecule has 0 unspecified atom stereocenters. The van der Waals surface area contributed by atoms with Crippen molar-refractivity contribution >= 4 is 15.9 Å². The van der Waals surface area contributed by atoms with Crippen LogP contribution in [0.1, 0.15) is 36.9 Å². The molecule has 2 heterocycles. The largest absolute Gasteiger partial charge is 0.313 e. The molecule has 4 nitrogen and oxygen atoms in total. The first-order valence-corrected chi connectivity index (χ1v) is 7.48. The van der Waals surface area contributed by atoms with Crippen molar-refractivity contribution in [3.8, 4) is 5.82 Å². The number of pyridine rings is 1. The molecule has 100 valence electrons. The summed E-state index contributed by atoms with van der Waals surface area (Å²) in [4.78, 5) is 4.51. The van der Waals surface area contributed by atoms with Crippen molar-refractivity contribution in [2.75, 3.05) is 6.54 Å². The molecular weight excluding hydrogens is 304 g/mol. The van der Waals surface area contributed by atoms with Gasteiger partial charge in [0.05, 0.1) is 5.69 Å². The van der Waals surface area contributed by atoms with Crippen LogP contribution in [-0.4, -0.2) is 21.3 Å². The lowest BCUT2D eigenvalue weighted by Crippen LogP contribution is -2.15. The molecule has 5 heteroatoms. The highest BCUT2D eigenvalue weighted by Crippen LogP contribution is 2.39. The normalized spacial score (nSPS) is 14.8. The minimum atomic E-state index is 0.675. The Morgan fingerprint density at radius 3 is 3.05 bits per heavy atom. The summed E-state index contributed by atoms with van der Waals surface area (Å²) in [5, 5.41) is 7.99. The molecule has 2 aromatic rings.